The Bertz CT molecular complexity index is 833. The first-order valence-corrected chi connectivity index (χ1v) is 10.1. The highest BCUT2D eigenvalue weighted by Gasteiger charge is 2.08. The van der Waals surface area contributed by atoms with E-state index in [-0.39, 0.29) is 11.7 Å². The number of ether oxygens (including phenoxy) is 1. The number of sulfonamides is 1. The van der Waals surface area contributed by atoms with E-state index in [2.05, 4.69) is 5.32 Å². The maximum atomic E-state index is 12.1. The van der Waals surface area contributed by atoms with Gasteiger partial charge in [0.25, 0.3) is 0 Å². The van der Waals surface area contributed by atoms with E-state index in [4.69, 9.17) is 9.88 Å². The summed E-state index contributed by atoms with van der Waals surface area (Å²) in [4.78, 5) is 12.1. The standard InChI is InChI=1S/C19H24N2O4S/c1-2-25-18-6-4-3-5-17(18)11-12-19(22)21-13-15-7-9-16(10-8-15)14-26(20,23)24/h3-10H,2,11-14H2,1H3,(H,21,22)(H2,20,23,24). The summed E-state index contributed by atoms with van der Waals surface area (Å²) in [5.41, 5.74) is 2.53. The molecule has 0 aliphatic heterocycles. The monoisotopic (exact) mass is 376 g/mol. The second-order valence-corrected chi connectivity index (χ2v) is 7.56. The third-order valence-corrected chi connectivity index (χ3v) is 4.51. The summed E-state index contributed by atoms with van der Waals surface area (Å²) in [5.74, 6) is 0.567. The minimum Gasteiger partial charge on any atom is -0.494 e. The van der Waals surface area contributed by atoms with Gasteiger partial charge in [0.05, 0.1) is 12.4 Å². The fraction of sp³-hybridized carbons (Fsp3) is 0.316. The molecule has 6 nitrogen and oxygen atoms in total. The zero-order valence-corrected chi connectivity index (χ0v) is 15.6. The van der Waals surface area contributed by atoms with Gasteiger partial charge in [-0.25, -0.2) is 13.6 Å². The molecule has 0 aromatic heterocycles. The van der Waals surface area contributed by atoms with Gasteiger partial charge >= 0.3 is 0 Å². The van der Waals surface area contributed by atoms with Crippen LogP contribution in [0.5, 0.6) is 5.75 Å². The molecule has 140 valence electrons. The molecule has 0 spiro atoms. The fourth-order valence-corrected chi connectivity index (χ4v) is 3.19. The van der Waals surface area contributed by atoms with Crippen LogP contribution in [0.15, 0.2) is 48.5 Å². The maximum Gasteiger partial charge on any atom is 0.220 e. The molecule has 2 aromatic rings. The second kappa shape index (κ2) is 9.35. The van der Waals surface area contributed by atoms with Crippen LogP contribution in [0.2, 0.25) is 0 Å². The van der Waals surface area contributed by atoms with Gasteiger partial charge < -0.3 is 10.1 Å². The quantitative estimate of drug-likeness (QED) is 0.700. The number of amides is 1. The molecule has 0 saturated heterocycles. The molecule has 2 aromatic carbocycles. The van der Waals surface area contributed by atoms with E-state index in [0.29, 0.717) is 31.6 Å². The van der Waals surface area contributed by atoms with E-state index >= 15 is 0 Å². The predicted molar refractivity (Wildman–Crippen MR) is 101 cm³/mol. The van der Waals surface area contributed by atoms with Crippen molar-refractivity contribution in [3.63, 3.8) is 0 Å². The van der Waals surface area contributed by atoms with Crippen molar-refractivity contribution in [1.82, 2.24) is 5.32 Å². The molecule has 0 heterocycles. The predicted octanol–water partition coefficient (Wildman–Crippen LogP) is 2.12. The van der Waals surface area contributed by atoms with Crippen LogP contribution >= 0.6 is 0 Å². The molecule has 0 radical (unpaired) electrons. The van der Waals surface area contributed by atoms with Crippen LogP contribution < -0.4 is 15.2 Å². The molecule has 2 rings (SSSR count). The minimum absolute atomic E-state index is 0.0510. The van der Waals surface area contributed by atoms with Crippen LogP contribution in [0, 0.1) is 0 Å². The first-order valence-electron chi connectivity index (χ1n) is 8.43. The molecule has 0 bridgehead atoms. The van der Waals surface area contributed by atoms with Crippen LogP contribution in [0.25, 0.3) is 0 Å². The zero-order valence-electron chi connectivity index (χ0n) is 14.8. The van der Waals surface area contributed by atoms with Crippen LogP contribution in [0.4, 0.5) is 0 Å². The molecule has 26 heavy (non-hydrogen) atoms. The summed E-state index contributed by atoms with van der Waals surface area (Å²) in [6.07, 6.45) is 0.975. The molecule has 3 N–H and O–H groups in total. The van der Waals surface area contributed by atoms with E-state index in [0.717, 1.165) is 16.9 Å². The van der Waals surface area contributed by atoms with E-state index in [1.165, 1.54) is 0 Å². The molecule has 7 heteroatoms. The van der Waals surface area contributed by atoms with E-state index in [9.17, 15) is 13.2 Å². The van der Waals surface area contributed by atoms with Gasteiger partial charge in [0.1, 0.15) is 5.75 Å². The van der Waals surface area contributed by atoms with Crippen molar-refractivity contribution in [3.8, 4) is 5.75 Å². The van der Waals surface area contributed by atoms with Gasteiger partial charge in [0, 0.05) is 13.0 Å². The number of benzene rings is 2. The maximum absolute atomic E-state index is 12.1. The summed E-state index contributed by atoms with van der Waals surface area (Å²) in [5, 5.41) is 7.89. The highest BCUT2D eigenvalue weighted by molar-refractivity contribution is 7.88. The number of aryl methyl sites for hydroxylation is 1. The largest absolute Gasteiger partial charge is 0.494 e. The lowest BCUT2D eigenvalue weighted by Crippen LogP contribution is -2.23. The Morgan fingerprint density at radius 3 is 2.38 bits per heavy atom. The Labute approximate surface area is 154 Å². The van der Waals surface area contributed by atoms with Gasteiger partial charge in [-0.1, -0.05) is 42.5 Å². The first-order chi connectivity index (χ1) is 12.4. The van der Waals surface area contributed by atoms with Crippen LogP contribution in [-0.2, 0) is 33.5 Å². The highest BCUT2D eigenvalue weighted by atomic mass is 32.2. The number of carbonyl (C=O) groups is 1. The van der Waals surface area contributed by atoms with Crippen molar-refractivity contribution in [1.29, 1.82) is 0 Å². The number of hydrogen-bond acceptors (Lipinski definition) is 4. The van der Waals surface area contributed by atoms with Gasteiger partial charge in [-0.15, -0.1) is 0 Å². The van der Waals surface area contributed by atoms with Crippen molar-refractivity contribution in [2.24, 2.45) is 5.14 Å². The Hall–Kier alpha value is -2.38. The van der Waals surface area contributed by atoms with Gasteiger partial charge in [0.2, 0.25) is 15.9 Å². The number of nitrogens with one attached hydrogen (secondary N) is 1. The van der Waals surface area contributed by atoms with Crippen molar-refractivity contribution >= 4 is 15.9 Å². The number of carbonyl (C=O) groups excluding carboxylic acids is 1. The van der Waals surface area contributed by atoms with Crippen LogP contribution in [0.3, 0.4) is 0 Å². The average molecular weight is 376 g/mol. The highest BCUT2D eigenvalue weighted by Crippen LogP contribution is 2.19. The van der Waals surface area contributed by atoms with E-state index < -0.39 is 10.0 Å². The smallest absolute Gasteiger partial charge is 0.220 e. The van der Waals surface area contributed by atoms with Gasteiger partial charge in [0.15, 0.2) is 0 Å². The number of hydrogen-bond donors (Lipinski definition) is 2. The van der Waals surface area contributed by atoms with Gasteiger partial charge in [-0.2, -0.15) is 0 Å². The van der Waals surface area contributed by atoms with Crippen molar-refractivity contribution in [2.75, 3.05) is 6.61 Å². The Kier molecular flexibility index (Phi) is 7.17. The average Bonchev–Trinajstić information content (AvgIpc) is 2.59. The molecule has 1 amide bonds. The Balaban J connectivity index is 1.82. The summed E-state index contributed by atoms with van der Waals surface area (Å²) >= 11 is 0. The minimum atomic E-state index is -3.54. The van der Waals surface area contributed by atoms with Gasteiger partial charge in [-0.05, 0) is 36.1 Å². The fourth-order valence-electron chi connectivity index (χ4n) is 2.53. The van der Waals surface area contributed by atoms with E-state index in [1.54, 1.807) is 24.3 Å². The van der Waals surface area contributed by atoms with Crippen molar-refractivity contribution in [2.45, 2.75) is 32.1 Å². The lowest BCUT2D eigenvalue weighted by molar-refractivity contribution is -0.121. The Morgan fingerprint density at radius 2 is 1.73 bits per heavy atom. The number of nitrogens with two attached hydrogens (primary N) is 1. The van der Waals surface area contributed by atoms with Crippen molar-refractivity contribution < 1.29 is 17.9 Å². The molecular formula is C19H24N2O4S. The van der Waals surface area contributed by atoms with E-state index in [1.807, 2.05) is 31.2 Å². The molecular weight excluding hydrogens is 352 g/mol. The van der Waals surface area contributed by atoms with Crippen molar-refractivity contribution in [3.05, 3.63) is 65.2 Å². The molecule has 0 unspecified atom stereocenters. The lowest BCUT2D eigenvalue weighted by atomic mass is 10.1. The SMILES string of the molecule is CCOc1ccccc1CCC(=O)NCc1ccc(CS(N)(=O)=O)cc1. The topological polar surface area (TPSA) is 98.5 Å². The molecule has 0 saturated carbocycles. The zero-order chi connectivity index (χ0) is 19.0. The molecule has 0 fully saturated rings. The summed E-state index contributed by atoms with van der Waals surface area (Å²) in [7, 11) is -3.54. The summed E-state index contributed by atoms with van der Waals surface area (Å²) in [6.45, 7) is 2.91. The lowest BCUT2D eigenvalue weighted by Gasteiger charge is -2.10. The first kappa shape index (κ1) is 19.9. The second-order valence-electron chi connectivity index (χ2n) is 5.94. The third kappa shape index (κ3) is 6.85. The summed E-state index contributed by atoms with van der Waals surface area (Å²) in [6, 6.07) is 14.7. The molecule has 0 aliphatic carbocycles. The number of para-hydroxylation sites is 1. The molecule has 0 atom stereocenters. The van der Waals surface area contributed by atoms with Crippen LogP contribution in [0.1, 0.15) is 30.0 Å². The number of rotatable bonds is 9. The van der Waals surface area contributed by atoms with Crippen LogP contribution in [-0.4, -0.2) is 20.9 Å². The normalized spacial score (nSPS) is 11.2. The number of primary sulfonamides is 1. The summed E-state index contributed by atoms with van der Waals surface area (Å²) < 4.78 is 27.7. The van der Waals surface area contributed by atoms with Gasteiger partial charge in [-0.3, -0.25) is 4.79 Å². The third-order valence-electron chi connectivity index (χ3n) is 3.77. The molecule has 0 aliphatic rings. The Morgan fingerprint density at radius 1 is 1.08 bits per heavy atom.